The molecule has 0 amide bonds. The van der Waals surface area contributed by atoms with Crippen LogP contribution >= 0.6 is 0 Å². The van der Waals surface area contributed by atoms with Gasteiger partial charge in [-0.1, -0.05) is 96.3 Å². The summed E-state index contributed by atoms with van der Waals surface area (Å²) in [6.07, 6.45) is 29.8. The van der Waals surface area contributed by atoms with Gasteiger partial charge in [0.15, 0.2) is 0 Å². The van der Waals surface area contributed by atoms with Gasteiger partial charge in [-0.15, -0.1) is 0 Å². The van der Waals surface area contributed by atoms with Crippen LogP contribution in [0.25, 0.3) is 0 Å². The Bertz CT molecular complexity index is 349. The van der Waals surface area contributed by atoms with Crippen molar-refractivity contribution in [2.24, 2.45) is 29.1 Å². The van der Waals surface area contributed by atoms with E-state index in [2.05, 4.69) is 0 Å². The van der Waals surface area contributed by atoms with Gasteiger partial charge < -0.3 is 0 Å². The van der Waals surface area contributed by atoms with Crippen molar-refractivity contribution >= 4 is 0 Å². The minimum atomic E-state index is 0.785. The van der Waals surface area contributed by atoms with Crippen molar-refractivity contribution in [3.8, 4) is 0 Å². The molecular weight excluding hydrogens is 288 g/mol. The number of hydrogen-bond acceptors (Lipinski definition) is 0. The first-order valence-electron chi connectivity index (χ1n) is 11.9. The predicted octanol–water partition coefficient (Wildman–Crippen LogP) is 7.90. The topological polar surface area (TPSA) is 0 Å². The molecule has 0 aromatic rings. The van der Waals surface area contributed by atoms with Crippen LogP contribution in [-0.2, 0) is 0 Å². The van der Waals surface area contributed by atoms with E-state index in [9.17, 15) is 0 Å². The van der Waals surface area contributed by atoms with E-state index in [1.807, 2.05) is 0 Å². The SMILES string of the molecule is C1CCC(CC2(CC3CCCCC3)CCCC3CCCCC32)CC1. The summed E-state index contributed by atoms with van der Waals surface area (Å²) < 4.78 is 0. The molecule has 0 nitrogen and oxygen atoms in total. The van der Waals surface area contributed by atoms with Crippen molar-refractivity contribution in [3.63, 3.8) is 0 Å². The number of fused-ring (bicyclic) bond motifs is 1. The molecule has 0 N–H and O–H groups in total. The summed E-state index contributed by atoms with van der Waals surface area (Å²) in [6, 6.07) is 0. The summed E-state index contributed by atoms with van der Waals surface area (Å²) in [5.41, 5.74) is 0.785. The fourth-order valence-electron chi connectivity index (χ4n) is 7.78. The highest BCUT2D eigenvalue weighted by atomic mass is 14.5. The van der Waals surface area contributed by atoms with Gasteiger partial charge in [-0.3, -0.25) is 0 Å². The van der Waals surface area contributed by atoms with E-state index in [0.717, 1.165) is 29.1 Å². The van der Waals surface area contributed by atoms with Crippen LogP contribution in [0, 0.1) is 29.1 Å². The van der Waals surface area contributed by atoms with E-state index in [0.29, 0.717) is 0 Å². The molecule has 0 aromatic heterocycles. The average Bonchev–Trinajstić information content (AvgIpc) is 2.64. The first kappa shape index (κ1) is 17.4. The first-order chi connectivity index (χ1) is 11.9. The Hall–Kier alpha value is 0. The average molecular weight is 331 g/mol. The third kappa shape index (κ3) is 3.88. The highest BCUT2D eigenvalue weighted by Crippen LogP contribution is 2.58. The second-order valence-electron chi connectivity index (χ2n) is 10.3. The van der Waals surface area contributed by atoms with Gasteiger partial charge in [0.2, 0.25) is 0 Å². The van der Waals surface area contributed by atoms with Crippen molar-refractivity contribution in [2.45, 2.75) is 122 Å². The molecule has 4 aliphatic carbocycles. The summed E-state index contributed by atoms with van der Waals surface area (Å²) in [5, 5.41) is 0. The summed E-state index contributed by atoms with van der Waals surface area (Å²) in [4.78, 5) is 0. The Kier molecular flexibility index (Phi) is 5.90. The molecule has 0 radical (unpaired) electrons. The zero-order chi connectivity index (χ0) is 16.2. The smallest absolute Gasteiger partial charge is 0.0261 e. The van der Waals surface area contributed by atoms with Crippen LogP contribution in [0.3, 0.4) is 0 Å². The van der Waals surface area contributed by atoms with Crippen LogP contribution in [0.15, 0.2) is 0 Å². The van der Waals surface area contributed by atoms with Crippen molar-refractivity contribution < 1.29 is 0 Å². The maximum Gasteiger partial charge on any atom is -0.0261 e. The molecule has 138 valence electrons. The minimum absolute atomic E-state index is 0.785. The van der Waals surface area contributed by atoms with E-state index in [1.165, 1.54) is 38.5 Å². The van der Waals surface area contributed by atoms with Gasteiger partial charge in [0.1, 0.15) is 0 Å². The molecule has 0 saturated heterocycles. The third-order valence-corrected chi connectivity index (χ3v) is 8.79. The highest BCUT2D eigenvalue weighted by Gasteiger charge is 2.47. The van der Waals surface area contributed by atoms with Crippen molar-refractivity contribution in [1.29, 1.82) is 0 Å². The van der Waals surface area contributed by atoms with Crippen molar-refractivity contribution in [3.05, 3.63) is 0 Å². The second-order valence-corrected chi connectivity index (χ2v) is 10.3. The maximum atomic E-state index is 1.64. The molecule has 0 spiro atoms. The molecule has 4 aliphatic rings. The molecule has 0 aromatic carbocycles. The molecular formula is C24H42. The van der Waals surface area contributed by atoms with Gasteiger partial charge in [-0.25, -0.2) is 0 Å². The Morgan fingerprint density at radius 1 is 0.500 bits per heavy atom. The van der Waals surface area contributed by atoms with Gasteiger partial charge in [-0.2, -0.15) is 0 Å². The molecule has 0 bridgehead atoms. The van der Waals surface area contributed by atoms with Crippen LogP contribution in [0.4, 0.5) is 0 Å². The summed E-state index contributed by atoms with van der Waals surface area (Å²) in [5.74, 6) is 4.45. The summed E-state index contributed by atoms with van der Waals surface area (Å²) in [7, 11) is 0. The van der Waals surface area contributed by atoms with Crippen LogP contribution in [0.5, 0.6) is 0 Å². The van der Waals surface area contributed by atoms with Gasteiger partial charge in [0.05, 0.1) is 0 Å². The fraction of sp³-hybridized carbons (Fsp3) is 1.00. The normalized spacial score (nSPS) is 35.5. The zero-order valence-corrected chi connectivity index (χ0v) is 16.2. The van der Waals surface area contributed by atoms with Crippen LogP contribution in [0.1, 0.15) is 122 Å². The Balaban J connectivity index is 1.52. The van der Waals surface area contributed by atoms with E-state index < -0.39 is 0 Å². The van der Waals surface area contributed by atoms with Crippen LogP contribution in [-0.4, -0.2) is 0 Å². The van der Waals surface area contributed by atoms with E-state index in [1.54, 1.807) is 83.5 Å². The Morgan fingerprint density at radius 2 is 1.00 bits per heavy atom. The lowest BCUT2D eigenvalue weighted by Crippen LogP contribution is -2.44. The number of hydrogen-bond donors (Lipinski definition) is 0. The molecule has 4 rings (SSSR count). The first-order valence-corrected chi connectivity index (χ1v) is 11.9. The lowest BCUT2D eigenvalue weighted by Gasteiger charge is -2.54. The van der Waals surface area contributed by atoms with Crippen molar-refractivity contribution in [1.82, 2.24) is 0 Å². The number of rotatable bonds is 4. The summed E-state index contributed by atoms with van der Waals surface area (Å²) in [6.45, 7) is 0. The Morgan fingerprint density at radius 3 is 1.62 bits per heavy atom. The zero-order valence-electron chi connectivity index (χ0n) is 16.2. The van der Waals surface area contributed by atoms with Crippen molar-refractivity contribution in [2.75, 3.05) is 0 Å². The molecule has 2 unspecified atom stereocenters. The molecule has 2 atom stereocenters. The molecule has 0 aliphatic heterocycles. The molecule has 0 heteroatoms. The predicted molar refractivity (Wildman–Crippen MR) is 104 cm³/mol. The highest BCUT2D eigenvalue weighted by molar-refractivity contribution is 4.98. The van der Waals surface area contributed by atoms with E-state index in [-0.39, 0.29) is 0 Å². The van der Waals surface area contributed by atoms with Crippen LogP contribution < -0.4 is 0 Å². The Labute approximate surface area is 151 Å². The largest absolute Gasteiger partial charge is 0.0533 e. The summed E-state index contributed by atoms with van der Waals surface area (Å²) >= 11 is 0. The molecule has 0 heterocycles. The fourth-order valence-corrected chi connectivity index (χ4v) is 7.78. The van der Waals surface area contributed by atoms with E-state index >= 15 is 0 Å². The quantitative estimate of drug-likeness (QED) is 0.491. The lowest BCUT2D eigenvalue weighted by molar-refractivity contribution is -0.0334. The lowest BCUT2D eigenvalue weighted by atomic mass is 9.51. The minimum Gasteiger partial charge on any atom is -0.0533 e. The van der Waals surface area contributed by atoms with Crippen LogP contribution in [0.2, 0.25) is 0 Å². The molecule has 4 fully saturated rings. The maximum absolute atomic E-state index is 1.64. The third-order valence-electron chi connectivity index (χ3n) is 8.79. The van der Waals surface area contributed by atoms with Gasteiger partial charge in [0.25, 0.3) is 0 Å². The van der Waals surface area contributed by atoms with Gasteiger partial charge in [-0.05, 0) is 54.8 Å². The monoisotopic (exact) mass is 330 g/mol. The van der Waals surface area contributed by atoms with Gasteiger partial charge >= 0.3 is 0 Å². The van der Waals surface area contributed by atoms with E-state index in [4.69, 9.17) is 0 Å². The molecule has 24 heavy (non-hydrogen) atoms. The second kappa shape index (κ2) is 8.13. The van der Waals surface area contributed by atoms with Gasteiger partial charge in [0, 0.05) is 0 Å². The standard InChI is InChI=1S/C24H42/c1-3-10-20(11-4-1)18-24(19-21-12-5-2-6-13-21)17-9-15-22-14-7-8-16-23(22)24/h20-23H,1-19H2. The molecule has 4 saturated carbocycles.